The first-order valence-corrected chi connectivity index (χ1v) is 16.8. The molecule has 0 bridgehead atoms. The molecule has 8 nitrogen and oxygen atoms in total. The Morgan fingerprint density at radius 3 is 2.69 bits per heavy atom. The van der Waals surface area contributed by atoms with E-state index in [9.17, 15) is 19.6 Å². The Labute approximate surface area is 242 Å². The molecule has 0 aromatic heterocycles. The number of hydrogen-bond donors (Lipinski definition) is 3. The zero-order valence-electron chi connectivity index (χ0n) is 22.7. The molecule has 1 unspecified atom stereocenters. The van der Waals surface area contributed by atoms with E-state index in [1.165, 1.54) is 6.42 Å². The van der Waals surface area contributed by atoms with Gasteiger partial charge >= 0.3 is 6.09 Å². The number of benzene rings is 1. The quantitative estimate of drug-likeness (QED) is 0.221. The third-order valence-electron chi connectivity index (χ3n) is 8.10. The van der Waals surface area contributed by atoms with Crippen molar-refractivity contribution in [3.8, 4) is 6.07 Å². The third kappa shape index (κ3) is 8.38. The van der Waals surface area contributed by atoms with Gasteiger partial charge in [-0.1, -0.05) is 69.7 Å². The van der Waals surface area contributed by atoms with Gasteiger partial charge in [-0.3, -0.25) is 9.59 Å². The summed E-state index contributed by atoms with van der Waals surface area (Å²) in [5, 5.41) is 12.8. The molecule has 3 aliphatic rings. The van der Waals surface area contributed by atoms with Crippen LogP contribution in [0, 0.1) is 23.2 Å². The Balaban J connectivity index is 1.32. The number of amides is 3. The molecule has 1 aromatic rings. The van der Waals surface area contributed by atoms with Crippen LogP contribution >= 0.6 is 23.5 Å². The minimum absolute atomic E-state index is 0.00633. The Bertz CT molecular complexity index is 1100. The average Bonchev–Trinajstić information content (AvgIpc) is 3.59. The maximum absolute atomic E-state index is 13.3. The standard InChI is InChI=1S/C28H38ClN4O4SSi/c1-27(2,21-9-6-10-22(29)14-21)18-37-25(35)33-39(17-19-7-4-3-5-8-19)26(36)32-38-23(16-30)13-20-15-28(11-12-28)31-24(20)34/h6,9-10,14,19-20,23H,3-5,7-8,11-13,15,17-18H2,1-2H3,(H,31,34)(H,32,36)(H,33,35)/t20?,23-/m0/s1. The molecule has 1 saturated heterocycles. The minimum atomic E-state index is -2.01. The molecule has 211 valence electrons. The second kappa shape index (κ2) is 13.0. The van der Waals surface area contributed by atoms with E-state index in [4.69, 9.17) is 16.3 Å². The summed E-state index contributed by atoms with van der Waals surface area (Å²) in [5.41, 5.74) is 0.201. The highest BCUT2D eigenvalue weighted by Gasteiger charge is 2.52. The van der Waals surface area contributed by atoms with Crippen molar-refractivity contribution in [1.29, 1.82) is 5.26 Å². The molecule has 2 aliphatic carbocycles. The molecule has 1 spiro atoms. The van der Waals surface area contributed by atoms with Crippen LogP contribution in [-0.2, 0) is 14.9 Å². The first kappa shape index (κ1) is 29.8. The number of ether oxygens (including phenoxy) is 1. The van der Waals surface area contributed by atoms with Crippen LogP contribution in [0.15, 0.2) is 24.3 Å². The summed E-state index contributed by atoms with van der Waals surface area (Å²) in [6.07, 6.45) is 8.12. The van der Waals surface area contributed by atoms with Crippen LogP contribution in [0.4, 0.5) is 9.59 Å². The van der Waals surface area contributed by atoms with Gasteiger partial charge < -0.3 is 19.8 Å². The van der Waals surface area contributed by atoms with E-state index in [0.717, 1.165) is 62.5 Å². The smallest absolute Gasteiger partial charge is 0.399 e. The summed E-state index contributed by atoms with van der Waals surface area (Å²) >= 11 is 7.19. The Hall–Kier alpha value is -2.22. The molecule has 3 N–H and O–H groups in total. The molecule has 1 radical (unpaired) electrons. The van der Waals surface area contributed by atoms with Crippen LogP contribution in [0.25, 0.3) is 0 Å². The molecule has 4 rings (SSSR count). The minimum Gasteiger partial charge on any atom is -0.449 e. The number of carbonyl (C=O) groups is 3. The zero-order valence-corrected chi connectivity index (χ0v) is 25.3. The molecular formula is C28H38ClN4O4SSi. The van der Waals surface area contributed by atoms with Gasteiger partial charge in [0.2, 0.25) is 11.4 Å². The molecule has 2 atom stereocenters. The van der Waals surface area contributed by atoms with Gasteiger partial charge in [0.05, 0.1) is 6.07 Å². The van der Waals surface area contributed by atoms with Crippen molar-refractivity contribution in [2.45, 2.75) is 93.9 Å². The first-order valence-electron chi connectivity index (χ1n) is 13.8. The van der Waals surface area contributed by atoms with Crippen molar-refractivity contribution in [3.63, 3.8) is 0 Å². The highest BCUT2D eigenvalue weighted by Crippen LogP contribution is 2.46. The molecule has 39 heavy (non-hydrogen) atoms. The summed E-state index contributed by atoms with van der Waals surface area (Å²) in [6, 6.07) is 10.3. The summed E-state index contributed by atoms with van der Waals surface area (Å²) in [5.74, 6) is 0.187. The molecule has 2 saturated carbocycles. The van der Waals surface area contributed by atoms with Crippen LogP contribution in [0.1, 0.15) is 77.2 Å². The summed E-state index contributed by atoms with van der Waals surface area (Å²) in [7, 11) is -2.01. The maximum atomic E-state index is 13.3. The van der Waals surface area contributed by atoms with Crippen molar-refractivity contribution < 1.29 is 19.1 Å². The molecule has 1 heterocycles. The lowest BCUT2D eigenvalue weighted by molar-refractivity contribution is -0.122. The average molecular weight is 590 g/mol. The van der Waals surface area contributed by atoms with E-state index in [-0.39, 0.29) is 29.5 Å². The van der Waals surface area contributed by atoms with Crippen LogP contribution in [-0.4, -0.2) is 43.9 Å². The molecule has 1 aromatic carbocycles. The molecule has 11 heteroatoms. The van der Waals surface area contributed by atoms with Crippen molar-refractivity contribution in [2.24, 2.45) is 11.8 Å². The topological polar surface area (TPSA) is 120 Å². The molecule has 3 amide bonds. The van der Waals surface area contributed by atoms with Crippen molar-refractivity contribution in [1.82, 2.24) is 15.0 Å². The van der Waals surface area contributed by atoms with E-state index >= 15 is 0 Å². The highest BCUT2D eigenvalue weighted by molar-refractivity contribution is 7.98. The van der Waals surface area contributed by atoms with E-state index in [1.54, 1.807) is 6.07 Å². The molecule has 1 aliphatic heterocycles. The van der Waals surface area contributed by atoms with Gasteiger partial charge in [-0.2, -0.15) is 5.26 Å². The maximum Gasteiger partial charge on any atom is 0.399 e. The predicted molar refractivity (Wildman–Crippen MR) is 154 cm³/mol. The van der Waals surface area contributed by atoms with Gasteiger partial charge in [0.1, 0.15) is 11.9 Å². The second-order valence-electron chi connectivity index (χ2n) is 11.9. The number of rotatable bonds is 11. The fourth-order valence-electron chi connectivity index (χ4n) is 5.50. The van der Waals surface area contributed by atoms with Crippen molar-refractivity contribution >= 4 is 50.0 Å². The SMILES string of the molecule is CC(C)(COC(=O)N[Si](CC1CCCCC1)C(=O)NS[C@H](C#N)CC1CC2(CC2)NC1=O)c1cccc(Cl)c1. The third-order valence-corrected chi connectivity index (χ3v) is 11.6. The summed E-state index contributed by atoms with van der Waals surface area (Å²) in [6.45, 7) is 4.08. The number of halogens is 1. The number of carbonyl (C=O) groups excluding carboxylic acids is 3. The fraction of sp³-hybridized carbons (Fsp3) is 0.643. The van der Waals surface area contributed by atoms with Gasteiger partial charge in [0.25, 0.3) is 8.96 Å². The first-order chi connectivity index (χ1) is 18.6. The van der Waals surface area contributed by atoms with Crippen LogP contribution in [0.3, 0.4) is 0 Å². The Morgan fingerprint density at radius 1 is 1.31 bits per heavy atom. The van der Waals surface area contributed by atoms with Gasteiger partial charge in [-0.25, -0.2) is 4.79 Å². The van der Waals surface area contributed by atoms with E-state index in [0.29, 0.717) is 23.4 Å². The number of nitriles is 1. The summed E-state index contributed by atoms with van der Waals surface area (Å²) < 4.78 is 8.43. The van der Waals surface area contributed by atoms with Crippen LogP contribution in [0.5, 0.6) is 0 Å². The predicted octanol–water partition coefficient (Wildman–Crippen LogP) is 5.81. The normalized spacial score (nSPS) is 21.2. The number of nitrogens with zero attached hydrogens (tertiary/aromatic N) is 1. The lowest BCUT2D eigenvalue weighted by Crippen LogP contribution is -2.50. The lowest BCUT2D eigenvalue weighted by atomic mass is 9.86. The second-order valence-corrected chi connectivity index (χ2v) is 15.4. The lowest BCUT2D eigenvalue weighted by Gasteiger charge is -2.27. The summed E-state index contributed by atoms with van der Waals surface area (Å²) in [4.78, 5) is 41.4. The van der Waals surface area contributed by atoms with E-state index in [2.05, 4.69) is 21.1 Å². The van der Waals surface area contributed by atoms with Gasteiger partial charge in [0, 0.05) is 21.9 Å². The molecular weight excluding hydrogens is 552 g/mol. The highest BCUT2D eigenvalue weighted by atomic mass is 35.5. The largest absolute Gasteiger partial charge is 0.449 e. The van der Waals surface area contributed by atoms with Crippen molar-refractivity contribution in [3.05, 3.63) is 34.9 Å². The fourth-order valence-corrected chi connectivity index (χ4v) is 8.70. The monoisotopic (exact) mass is 589 g/mol. The Morgan fingerprint density at radius 2 is 2.05 bits per heavy atom. The van der Waals surface area contributed by atoms with Gasteiger partial charge in [-0.05, 0) is 67.3 Å². The number of nitrogens with one attached hydrogen (secondary N) is 3. The van der Waals surface area contributed by atoms with Gasteiger partial charge in [0.15, 0.2) is 0 Å². The number of hydrogen-bond acceptors (Lipinski definition) is 6. The van der Waals surface area contributed by atoms with Crippen molar-refractivity contribution in [2.75, 3.05) is 6.61 Å². The van der Waals surface area contributed by atoms with Crippen LogP contribution < -0.4 is 15.0 Å². The Kier molecular flexibility index (Phi) is 9.89. The van der Waals surface area contributed by atoms with Gasteiger partial charge in [-0.15, -0.1) is 0 Å². The van der Waals surface area contributed by atoms with Crippen LogP contribution in [0.2, 0.25) is 11.1 Å². The molecule has 3 fully saturated rings. The van der Waals surface area contributed by atoms with E-state index in [1.807, 2.05) is 32.0 Å². The van der Waals surface area contributed by atoms with E-state index < -0.39 is 25.7 Å². The zero-order chi connectivity index (χ0) is 28.0.